The largest absolute Gasteiger partial charge is 0.454 e. The maximum Gasteiger partial charge on any atom is 0.231 e. The maximum absolute atomic E-state index is 9.11. The Hall–Kier alpha value is -2.26. The molecule has 0 bridgehead atoms. The summed E-state index contributed by atoms with van der Waals surface area (Å²) < 4.78 is 10.9. The Kier molecular flexibility index (Phi) is 4.26. The molecule has 0 N–H and O–H groups in total. The molecule has 1 aliphatic heterocycles. The van der Waals surface area contributed by atoms with Gasteiger partial charge < -0.3 is 14.4 Å². The highest BCUT2D eigenvalue weighted by atomic mass is 32.1. The van der Waals surface area contributed by atoms with Crippen LogP contribution in [-0.2, 0) is 6.54 Å². The summed E-state index contributed by atoms with van der Waals surface area (Å²) >= 11 is 1.48. The van der Waals surface area contributed by atoms with Crippen molar-refractivity contribution in [3.8, 4) is 17.6 Å². The zero-order valence-corrected chi connectivity index (χ0v) is 14.2. The van der Waals surface area contributed by atoms with Crippen LogP contribution in [0.3, 0.4) is 0 Å². The van der Waals surface area contributed by atoms with Crippen LogP contribution in [0.2, 0.25) is 0 Å². The molecule has 2 aliphatic rings. The zero-order valence-electron chi connectivity index (χ0n) is 13.4. The molecule has 2 heterocycles. The van der Waals surface area contributed by atoms with Gasteiger partial charge in [-0.05, 0) is 30.5 Å². The first-order chi connectivity index (χ1) is 11.8. The van der Waals surface area contributed by atoms with E-state index < -0.39 is 0 Å². The molecule has 124 valence electrons. The number of hydrogen-bond acceptors (Lipinski definition) is 6. The first-order valence-electron chi connectivity index (χ1n) is 8.34. The molecule has 0 spiro atoms. The van der Waals surface area contributed by atoms with Crippen molar-refractivity contribution in [3.05, 3.63) is 34.8 Å². The fourth-order valence-corrected chi connectivity index (χ4v) is 4.22. The third-order valence-electron chi connectivity index (χ3n) is 4.65. The smallest absolute Gasteiger partial charge is 0.231 e. The Morgan fingerprint density at radius 2 is 2.04 bits per heavy atom. The number of nitriles is 1. The molecule has 0 amide bonds. The summed E-state index contributed by atoms with van der Waals surface area (Å²) in [5.74, 6) is 1.62. The lowest BCUT2D eigenvalue weighted by Crippen LogP contribution is -2.36. The fourth-order valence-electron chi connectivity index (χ4n) is 3.43. The number of nitrogens with zero attached hydrogens (tertiary/aromatic N) is 3. The predicted molar refractivity (Wildman–Crippen MR) is 92.5 cm³/mol. The predicted octanol–water partition coefficient (Wildman–Crippen LogP) is 4.08. The summed E-state index contributed by atoms with van der Waals surface area (Å²) in [5, 5.41) is 10.1. The Morgan fingerprint density at radius 1 is 1.21 bits per heavy atom. The van der Waals surface area contributed by atoms with E-state index in [0.717, 1.165) is 23.2 Å². The molecular weight excluding hydrogens is 322 g/mol. The van der Waals surface area contributed by atoms with Gasteiger partial charge in [0.25, 0.3) is 0 Å². The lowest BCUT2D eigenvalue weighted by Gasteiger charge is -2.34. The number of hydrogen-bond donors (Lipinski definition) is 0. The molecule has 2 aromatic rings. The Morgan fingerprint density at radius 3 is 2.83 bits per heavy atom. The first-order valence-corrected chi connectivity index (χ1v) is 9.16. The molecule has 0 saturated heterocycles. The SMILES string of the molecule is N#Cc1cnc(N(Cc2ccc3c(c2)OCO3)C2CCCCC2)s1. The minimum Gasteiger partial charge on any atom is -0.454 e. The van der Waals surface area contributed by atoms with E-state index in [1.54, 1.807) is 6.20 Å². The van der Waals surface area contributed by atoms with E-state index in [0.29, 0.717) is 17.7 Å². The van der Waals surface area contributed by atoms with Crippen molar-refractivity contribution in [2.24, 2.45) is 0 Å². The standard InChI is InChI=1S/C18H19N3O2S/c19-9-15-10-20-18(24-15)21(14-4-2-1-3-5-14)11-13-6-7-16-17(8-13)23-12-22-16/h6-8,10,14H,1-5,11-12H2. The van der Waals surface area contributed by atoms with Crippen LogP contribution in [0.15, 0.2) is 24.4 Å². The quantitative estimate of drug-likeness (QED) is 0.838. The second-order valence-electron chi connectivity index (χ2n) is 6.23. The van der Waals surface area contributed by atoms with Crippen molar-refractivity contribution in [1.82, 2.24) is 4.98 Å². The summed E-state index contributed by atoms with van der Waals surface area (Å²) in [6, 6.07) is 8.79. The zero-order chi connectivity index (χ0) is 16.4. The van der Waals surface area contributed by atoms with Crippen molar-refractivity contribution >= 4 is 16.5 Å². The number of aromatic nitrogens is 1. The third-order valence-corrected chi connectivity index (χ3v) is 5.59. The summed E-state index contributed by atoms with van der Waals surface area (Å²) in [5.41, 5.74) is 1.18. The number of rotatable bonds is 4. The molecule has 4 rings (SSSR count). The first kappa shape index (κ1) is 15.3. The van der Waals surface area contributed by atoms with Gasteiger partial charge in [0, 0.05) is 12.6 Å². The minimum atomic E-state index is 0.295. The highest BCUT2D eigenvalue weighted by Gasteiger charge is 2.25. The molecule has 1 aromatic carbocycles. The molecule has 1 fully saturated rings. The molecule has 24 heavy (non-hydrogen) atoms. The van der Waals surface area contributed by atoms with Gasteiger partial charge in [0.05, 0.1) is 6.20 Å². The van der Waals surface area contributed by atoms with Gasteiger partial charge in [0.15, 0.2) is 16.6 Å². The van der Waals surface area contributed by atoms with Crippen molar-refractivity contribution in [3.63, 3.8) is 0 Å². The number of anilines is 1. The second kappa shape index (κ2) is 6.70. The summed E-state index contributed by atoms with van der Waals surface area (Å²) in [7, 11) is 0. The van der Waals surface area contributed by atoms with Crippen LogP contribution in [0.25, 0.3) is 0 Å². The minimum absolute atomic E-state index is 0.295. The Balaban J connectivity index is 1.61. The molecule has 6 heteroatoms. The normalized spacial score (nSPS) is 16.8. The number of benzene rings is 1. The molecule has 0 radical (unpaired) electrons. The molecular formula is C18H19N3O2S. The lowest BCUT2D eigenvalue weighted by molar-refractivity contribution is 0.174. The van der Waals surface area contributed by atoms with Crippen LogP contribution in [0, 0.1) is 11.3 Å². The van der Waals surface area contributed by atoms with Crippen molar-refractivity contribution in [2.45, 2.75) is 44.7 Å². The highest BCUT2D eigenvalue weighted by Crippen LogP contribution is 2.35. The Labute approximate surface area is 145 Å². The van der Waals surface area contributed by atoms with Crippen molar-refractivity contribution in [1.29, 1.82) is 5.26 Å². The summed E-state index contributed by atoms with van der Waals surface area (Å²) in [4.78, 5) is 7.52. The Bertz CT molecular complexity index is 762. The van der Waals surface area contributed by atoms with E-state index in [1.165, 1.54) is 49.0 Å². The molecule has 1 saturated carbocycles. The van der Waals surface area contributed by atoms with Gasteiger partial charge in [-0.15, -0.1) is 0 Å². The average Bonchev–Trinajstić information content (AvgIpc) is 3.29. The van der Waals surface area contributed by atoms with Gasteiger partial charge >= 0.3 is 0 Å². The van der Waals surface area contributed by atoms with Gasteiger partial charge in [-0.2, -0.15) is 5.26 Å². The highest BCUT2D eigenvalue weighted by molar-refractivity contribution is 7.16. The topological polar surface area (TPSA) is 58.4 Å². The fraction of sp³-hybridized carbons (Fsp3) is 0.444. The lowest BCUT2D eigenvalue weighted by atomic mass is 9.94. The van der Waals surface area contributed by atoms with Crippen molar-refractivity contribution in [2.75, 3.05) is 11.7 Å². The monoisotopic (exact) mass is 341 g/mol. The molecule has 0 unspecified atom stereocenters. The van der Waals surface area contributed by atoms with Gasteiger partial charge in [-0.25, -0.2) is 4.98 Å². The molecule has 0 atom stereocenters. The van der Waals surface area contributed by atoms with Crippen molar-refractivity contribution < 1.29 is 9.47 Å². The van der Waals surface area contributed by atoms with Gasteiger partial charge in [-0.3, -0.25) is 0 Å². The third kappa shape index (κ3) is 3.04. The molecule has 1 aliphatic carbocycles. The summed E-state index contributed by atoms with van der Waals surface area (Å²) in [6.07, 6.45) is 7.89. The van der Waals surface area contributed by atoms with Crippen LogP contribution in [-0.4, -0.2) is 17.8 Å². The van der Waals surface area contributed by atoms with E-state index in [9.17, 15) is 0 Å². The van der Waals surface area contributed by atoms with E-state index in [2.05, 4.69) is 28.1 Å². The van der Waals surface area contributed by atoms with Gasteiger partial charge in [0.1, 0.15) is 10.9 Å². The van der Waals surface area contributed by atoms with Crippen LogP contribution >= 0.6 is 11.3 Å². The van der Waals surface area contributed by atoms with E-state index in [1.807, 2.05) is 6.07 Å². The number of thiazole rings is 1. The van der Waals surface area contributed by atoms with Gasteiger partial charge in [-0.1, -0.05) is 36.7 Å². The molecule has 1 aromatic heterocycles. The van der Waals surface area contributed by atoms with Gasteiger partial charge in [0.2, 0.25) is 6.79 Å². The number of fused-ring (bicyclic) bond motifs is 1. The van der Waals surface area contributed by atoms with Crippen LogP contribution in [0.4, 0.5) is 5.13 Å². The van der Waals surface area contributed by atoms with Crippen LogP contribution in [0.5, 0.6) is 11.5 Å². The maximum atomic E-state index is 9.11. The van der Waals surface area contributed by atoms with E-state index >= 15 is 0 Å². The van der Waals surface area contributed by atoms with Crippen LogP contribution < -0.4 is 14.4 Å². The van der Waals surface area contributed by atoms with E-state index in [-0.39, 0.29) is 0 Å². The number of ether oxygens (including phenoxy) is 2. The summed E-state index contributed by atoms with van der Waals surface area (Å²) in [6.45, 7) is 1.07. The molecule has 5 nitrogen and oxygen atoms in total. The van der Waals surface area contributed by atoms with Crippen LogP contribution in [0.1, 0.15) is 42.5 Å². The average molecular weight is 341 g/mol. The van der Waals surface area contributed by atoms with E-state index in [4.69, 9.17) is 14.7 Å². The second-order valence-corrected chi connectivity index (χ2v) is 7.24.